The van der Waals surface area contributed by atoms with Gasteiger partial charge in [-0.3, -0.25) is 0 Å². The smallest absolute Gasteiger partial charge is 0.0903 e. The maximum Gasteiger partial charge on any atom is 0.0903 e. The van der Waals surface area contributed by atoms with Crippen LogP contribution in [0.15, 0.2) is 103 Å². The molecule has 238 valence electrons. The monoisotopic (exact) mass is 604 g/mol. The van der Waals surface area contributed by atoms with Crippen molar-refractivity contribution in [1.82, 2.24) is 0 Å². The molecule has 45 heavy (non-hydrogen) atoms. The van der Waals surface area contributed by atoms with Gasteiger partial charge in [0.15, 0.2) is 0 Å². The highest BCUT2D eigenvalue weighted by Crippen LogP contribution is 2.71. The highest BCUT2D eigenvalue weighted by molar-refractivity contribution is 5.29. The fraction of sp³-hybridized carbons (Fsp3) is 0.524. The SMILES string of the molecule is C/C=C1/CCC2C3C(OCc4ccccc4)[C@H](OCc4ccccc4)C4CCCC[C@]4(C)[C@@]3(OCc3ccccc3)CC[C@]12C. The molecule has 0 saturated heterocycles. The van der Waals surface area contributed by atoms with Crippen molar-refractivity contribution < 1.29 is 14.2 Å². The molecule has 0 heterocycles. The number of rotatable bonds is 9. The van der Waals surface area contributed by atoms with Crippen LogP contribution in [0.4, 0.5) is 0 Å². The second-order valence-corrected chi connectivity index (χ2v) is 14.9. The second kappa shape index (κ2) is 12.8. The molecule has 0 N–H and O–H groups in total. The number of allylic oxidation sites excluding steroid dienone is 2. The van der Waals surface area contributed by atoms with Gasteiger partial charge in [-0.25, -0.2) is 0 Å². The molecule has 4 unspecified atom stereocenters. The van der Waals surface area contributed by atoms with Crippen LogP contribution in [-0.4, -0.2) is 17.8 Å². The van der Waals surface area contributed by atoms with Gasteiger partial charge in [0.05, 0.1) is 37.6 Å². The summed E-state index contributed by atoms with van der Waals surface area (Å²) in [6.45, 7) is 9.28. The summed E-state index contributed by atoms with van der Waals surface area (Å²) in [5.74, 6) is 1.13. The Morgan fingerprint density at radius 2 is 1.22 bits per heavy atom. The van der Waals surface area contributed by atoms with Crippen LogP contribution >= 0.6 is 0 Å². The third kappa shape index (κ3) is 5.43. The van der Waals surface area contributed by atoms with Gasteiger partial charge >= 0.3 is 0 Å². The minimum atomic E-state index is -0.269. The predicted molar refractivity (Wildman–Crippen MR) is 181 cm³/mol. The standard InChI is InChI=1S/C42H52O3/c1-4-34-23-24-35-37-39(44-29-32-18-10-6-11-19-32)38(43-28-31-16-8-5-9-17-31)36-22-14-15-25-41(36,3)42(37,27-26-40(34,35)2)45-30-33-20-12-7-13-21-33/h4-13,16-21,35-39H,14-15,22-30H2,1-3H3/b34-4-/t35?,36?,37?,38-,39?,40-,41+,42-/m1/s1. The minimum absolute atomic E-state index is 0.0126. The first-order valence-corrected chi connectivity index (χ1v) is 17.6. The van der Waals surface area contributed by atoms with Gasteiger partial charge in [0.1, 0.15) is 0 Å². The minimum Gasteiger partial charge on any atom is -0.371 e. The van der Waals surface area contributed by atoms with E-state index in [1.54, 1.807) is 5.57 Å². The summed E-state index contributed by atoms with van der Waals surface area (Å²) < 4.78 is 22.1. The topological polar surface area (TPSA) is 27.7 Å². The third-order valence-electron chi connectivity index (χ3n) is 12.8. The molecule has 7 rings (SSSR count). The Balaban J connectivity index is 1.35. The van der Waals surface area contributed by atoms with Crippen LogP contribution in [0, 0.1) is 28.6 Å². The van der Waals surface area contributed by atoms with E-state index in [2.05, 4.69) is 118 Å². The summed E-state index contributed by atoms with van der Waals surface area (Å²) in [4.78, 5) is 0. The Morgan fingerprint density at radius 3 is 1.82 bits per heavy atom. The Labute approximate surface area is 271 Å². The molecule has 8 atom stereocenters. The first-order valence-electron chi connectivity index (χ1n) is 17.6. The lowest BCUT2D eigenvalue weighted by atomic mass is 9.41. The Hall–Kier alpha value is -2.72. The van der Waals surface area contributed by atoms with Crippen molar-refractivity contribution in [3.8, 4) is 0 Å². The van der Waals surface area contributed by atoms with Gasteiger partial charge in [-0.15, -0.1) is 0 Å². The second-order valence-electron chi connectivity index (χ2n) is 14.9. The van der Waals surface area contributed by atoms with Gasteiger partial charge in [0.25, 0.3) is 0 Å². The van der Waals surface area contributed by atoms with Crippen LogP contribution in [0.1, 0.15) is 88.8 Å². The van der Waals surface area contributed by atoms with Crippen LogP contribution in [0.2, 0.25) is 0 Å². The van der Waals surface area contributed by atoms with Gasteiger partial charge in [-0.2, -0.15) is 0 Å². The largest absolute Gasteiger partial charge is 0.371 e. The maximum atomic E-state index is 7.59. The molecule has 0 spiro atoms. The number of ether oxygens (including phenoxy) is 3. The van der Waals surface area contributed by atoms with Crippen molar-refractivity contribution in [1.29, 1.82) is 0 Å². The third-order valence-corrected chi connectivity index (χ3v) is 12.8. The quantitative estimate of drug-likeness (QED) is 0.228. The van der Waals surface area contributed by atoms with Crippen molar-refractivity contribution in [3.63, 3.8) is 0 Å². The van der Waals surface area contributed by atoms with E-state index in [1.165, 1.54) is 61.6 Å². The average molecular weight is 605 g/mol. The fourth-order valence-corrected chi connectivity index (χ4v) is 10.6. The van der Waals surface area contributed by atoms with E-state index in [0.717, 1.165) is 6.42 Å². The molecule has 4 fully saturated rings. The van der Waals surface area contributed by atoms with E-state index in [4.69, 9.17) is 14.2 Å². The zero-order chi connectivity index (χ0) is 30.9. The zero-order valence-electron chi connectivity index (χ0n) is 27.6. The Bertz CT molecular complexity index is 1440. The van der Waals surface area contributed by atoms with Crippen molar-refractivity contribution in [3.05, 3.63) is 119 Å². The first kappa shape index (κ1) is 30.9. The van der Waals surface area contributed by atoms with Crippen LogP contribution in [0.3, 0.4) is 0 Å². The van der Waals surface area contributed by atoms with Gasteiger partial charge in [-0.1, -0.05) is 129 Å². The number of benzene rings is 3. The highest BCUT2D eigenvalue weighted by Gasteiger charge is 2.72. The number of hydrogen-bond acceptors (Lipinski definition) is 3. The number of fused-ring (bicyclic) bond motifs is 5. The van der Waals surface area contributed by atoms with Crippen LogP contribution < -0.4 is 0 Å². The zero-order valence-corrected chi connectivity index (χ0v) is 27.6. The molecule has 3 aromatic rings. The predicted octanol–water partition coefficient (Wildman–Crippen LogP) is 10.1. The van der Waals surface area contributed by atoms with Crippen molar-refractivity contribution >= 4 is 0 Å². The molecule has 4 aliphatic rings. The molecule has 0 aromatic heterocycles. The molecule has 0 radical (unpaired) electrons. The van der Waals surface area contributed by atoms with Gasteiger partial charge < -0.3 is 14.2 Å². The lowest BCUT2D eigenvalue weighted by molar-refractivity contribution is -0.324. The average Bonchev–Trinajstić information content (AvgIpc) is 3.43. The van der Waals surface area contributed by atoms with Crippen molar-refractivity contribution in [2.45, 2.75) is 110 Å². The molecule has 0 bridgehead atoms. The molecule has 0 aliphatic heterocycles. The van der Waals surface area contributed by atoms with E-state index < -0.39 is 0 Å². The molecule has 4 saturated carbocycles. The highest BCUT2D eigenvalue weighted by atomic mass is 16.5. The molecule has 0 amide bonds. The van der Waals surface area contributed by atoms with E-state index in [-0.39, 0.29) is 34.6 Å². The summed E-state index contributed by atoms with van der Waals surface area (Å²) in [6, 6.07) is 32.3. The molecular weight excluding hydrogens is 552 g/mol. The molecular formula is C42H52O3. The Kier molecular flexibility index (Phi) is 8.81. The summed E-state index contributed by atoms with van der Waals surface area (Å²) in [7, 11) is 0. The van der Waals surface area contributed by atoms with Crippen LogP contribution in [0.25, 0.3) is 0 Å². The summed E-state index contributed by atoms with van der Waals surface area (Å²) in [5, 5.41) is 0. The first-order chi connectivity index (χ1) is 22.0. The molecule has 4 aliphatic carbocycles. The van der Waals surface area contributed by atoms with Gasteiger partial charge in [0.2, 0.25) is 0 Å². The maximum absolute atomic E-state index is 7.59. The lowest BCUT2D eigenvalue weighted by Gasteiger charge is -2.69. The van der Waals surface area contributed by atoms with E-state index in [9.17, 15) is 0 Å². The lowest BCUT2D eigenvalue weighted by Crippen LogP contribution is -2.73. The van der Waals surface area contributed by atoms with E-state index >= 15 is 0 Å². The van der Waals surface area contributed by atoms with Crippen molar-refractivity contribution in [2.24, 2.45) is 28.6 Å². The van der Waals surface area contributed by atoms with E-state index in [1.807, 2.05) is 0 Å². The van der Waals surface area contributed by atoms with Gasteiger partial charge in [-0.05, 0) is 79.4 Å². The normalized spacial score (nSPS) is 36.7. The fourth-order valence-electron chi connectivity index (χ4n) is 10.6. The summed E-state index contributed by atoms with van der Waals surface area (Å²) >= 11 is 0. The van der Waals surface area contributed by atoms with Gasteiger partial charge in [0, 0.05) is 11.3 Å². The van der Waals surface area contributed by atoms with Crippen molar-refractivity contribution in [2.75, 3.05) is 0 Å². The van der Waals surface area contributed by atoms with E-state index in [0.29, 0.717) is 31.7 Å². The molecule has 3 heteroatoms. The summed E-state index contributed by atoms with van der Waals surface area (Å²) in [6.07, 6.45) is 11.9. The van der Waals surface area contributed by atoms with Crippen LogP contribution in [-0.2, 0) is 34.0 Å². The Morgan fingerprint density at radius 1 is 0.644 bits per heavy atom. The molecule has 3 aromatic carbocycles. The molecule has 3 nitrogen and oxygen atoms in total. The summed E-state index contributed by atoms with van der Waals surface area (Å²) in [5.41, 5.74) is 5.29. The van der Waals surface area contributed by atoms with Crippen LogP contribution in [0.5, 0.6) is 0 Å². The number of hydrogen-bond donors (Lipinski definition) is 0.